The van der Waals surface area contributed by atoms with Crippen LogP contribution in [0.1, 0.15) is 33.1 Å². The summed E-state index contributed by atoms with van der Waals surface area (Å²) in [6.07, 6.45) is 3.73. The Labute approximate surface area is 113 Å². The maximum absolute atomic E-state index is 5.86. The van der Waals surface area contributed by atoms with Crippen molar-refractivity contribution in [3.8, 4) is 0 Å². The average molecular weight is 309 g/mol. The highest BCUT2D eigenvalue weighted by atomic mass is 79.9. The lowest BCUT2D eigenvalue weighted by atomic mass is 9.96. The molecule has 4 heteroatoms. The summed E-state index contributed by atoms with van der Waals surface area (Å²) in [6.45, 7) is 7.43. The van der Waals surface area contributed by atoms with E-state index in [-0.39, 0.29) is 12.2 Å². The molecule has 1 heterocycles. The van der Waals surface area contributed by atoms with E-state index in [1.54, 1.807) is 0 Å². The first-order valence-electron chi connectivity index (χ1n) is 6.66. The monoisotopic (exact) mass is 308 g/mol. The van der Waals surface area contributed by atoms with Crippen molar-refractivity contribution in [2.75, 3.05) is 31.8 Å². The van der Waals surface area contributed by atoms with Crippen LogP contribution in [-0.4, -0.2) is 44.0 Å². The van der Waals surface area contributed by atoms with Crippen LogP contribution in [0.2, 0.25) is 0 Å². The third-order valence-electron chi connectivity index (χ3n) is 3.18. The molecule has 1 saturated heterocycles. The van der Waals surface area contributed by atoms with Gasteiger partial charge in [0.15, 0.2) is 0 Å². The fraction of sp³-hybridized carbons (Fsp3) is 1.00. The number of ether oxygens (including phenoxy) is 3. The lowest BCUT2D eigenvalue weighted by molar-refractivity contribution is -0.151. The number of hydrogen-bond donors (Lipinski definition) is 0. The predicted molar refractivity (Wildman–Crippen MR) is 72.8 cm³/mol. The Morgan fingerprint density at radius 1 is 1.12 bits per heavy atom. The molecule has 1 aliphatic rings. The van der Waals surface area contributed by atoms with Gasteiger partial charge >= 0.3 is 0 Å². The van der Waals surface area contributed by atoms with E-state index < -0.39 is 0 Å². The molecule has 0 N–H and O–H groups in total. The Hall–Kier alpha value is 0.360. The molecule has 0 bridgehead atoms. The largest absolute Gasteiger partial charge is 0.376 e. The smallest absolute Gasteiger partial charge is 0.0859 e. The van der Waals surface area contributed by atoms with Gasteiger partial charge in [-0.05, 0) is 12.8 Å². The summed E-state index contributed by atoms with van der Waals surface area (Å²) in [5, 5.41) is 0.991. The molecule has 0 aromatic heterocycles. The summed E-state index contributed by atoms with van der Waals surface area (Å²) in [4.78, 5) is 0. The second-order valence-electron chi connectivity index (χ2n) is 4.61. The van der Waals surface area contributed by atoms with Crippen LogP contribution in [-0.2, 0) is 14.2 Å². The van der Waals surface area contributed by atoms with Gasteiger partial charge in [0.2, 0.25) is 0 Å². The van der Waals surface area contributed by atoms with Gasteiger partial charge in [-0.3, -0.25) is 0 Å². The normalized spacial score (nSPS) is 29.5. The number of halogens is 1. The molecule has 3 unspecified atom stereocenters. The van der Waals surface area contributed by atoms with Crippen LogP contribution in [0.25, 0.3) is 0 Å². The Morgan fingerprint density at radius 3 is 2.24 bits per heavy atom. The molecule has 0 aromatic rings. The van der Waals surface area contributed by atoms with Crippen molar-refractivity contribution < 1.29 is 14.2 Å². The Morgan fingerprint density at radius 2 is 1.71 bits per heavy atom. The van der Waals surface area contributed by atoms with Crippen LogP contribution in [0.4, 0.5) is 0 Å². The summed E-state index contributed by atoms with van der Waals surface area (Å²) >= 11 is 3.41. The summed E-state index contributed by atoms with van der Waals surface area (Å²) in [7, 11) is 0. The molecule has 1 fully saturated rings. The fourth-order valence-corrected chi connectivity index (χ4v) is 2.14. The second kappa shape index (κ2) is 9.31. The number of rotatable bonds is 8. The minimum atomic E-state index is 0.189. The van der Waals surface area contributed by atoms with Gasteiger partial charge in [-0.15, -0.1) is 0 Å². The average Bonchev–Trinajstić information content (AvgIpc) is 2.34. The van der Waals surface area contributed by atoms with Crippen molar-refractivity contribution >= 4 is 15.9 Å². The van der Waals surface area contributed by atoms with Crippen LogP contribution in [0.5, 0.6) is 0 Å². The van der Waals surface area contributed by atoms with Crippen LogP contribution in [0.15, 0.2) is 0 Å². The standard InChI is InChI=1S/C13H25BrO3/c1-3-4-7-16-12-9-15-10-13(11(12)2)17-8-5-6-14/h11-13H,3-10H2,1-2H3. The molecule has 0 saturated carbocycles. The van der Waals surface area contributed by atoms with E-state index in [9.17, 15) is 0 Å². The molecule has 0 spiro atoms. The third-order valence-corrected chi connectivity index (χ3v) is 3.74. The van der Waals surface area contributed by atoms with Gasteiger partial charge in [0.25, 0.3) is 0 Å². The highest BCUT2D eigenvalue weighted by molar-refractivity contribution is 9.09. The van der Waals surface area contributed by atoms with E-state index in [0.717, 1.165) is 31.4 Å². The number of alkyl halides is 1. The lowest BCUT2D eigenvalue weighted by Gasteiger charge is -2.35. The minimum Gasteiger partial charge on any atom is -0.376 e. The first kappa shape index (κ1) is 15.4. The Bertz CT molecular complexity index is 172. The predicted octanol–water partition coefficient (Wildman–Crippen LogP) is 3.01. The van der Waals surface area contributed by atoms with Crippen LogP contribution in [0.3, 0.4) is 0 Å². The van der Waals surface area contributed by atoms with Gasteiger partial charge < -0.3 is 14.2 Å². The summed E-state index contributed by atoms with van der Waals surface area (Å²) in [5.41, 5.74) is 0. The van der Waals surface area contributed by atoms with Gasteiger partial charge in [-0.2, -0.15) is 0 Å². The first-order chi connectivity index (χ1) is 8.29. The van der Waals surface area contributed by atoms with Gasteiger partial charge in [0, 0.05) is 24.5 Å². The highest BCUT2D eigenvalue weighted by Gasteiger charge is 2.31. The van der Waals surface area contributed by atoms with E-state index in [1.807, 2.05) is 0 Å². The van der Waals surface area contributed by atoms with Crippen molar-refractivity contribution in [1.82, 2.24) is 0 Å². The highest BCUT2D eigenvalue weighted by Crippen LogP contribution is 2.21. The molecule has 0 radical (unpaired) electrons. The van der Waals surface area contributed by atoms with Crippen molar-refractivity contribution in [3.05, 3.63) is 0 Å². The van der Waals surface area contributed by atoms with Gasteiger partial charge in [-0.1, -0.05) is 36.2 Å². The van der Waals surface area contributed by atoms with E-state index in [0.29, 0.717) is 19.1 Å². The van der Waals surface area contributed by atoms with Crippen molar-refractivity contribution in [3.63, 3.8) is 0 Å². The molecule has 3 atom stereocenters. The third kappa shape index (κ3) is 5.69. The van der Waals surface area contributed by atoms with Gasteiger partial charge in [0.1, 0.15) is 0 Å². The molecule has 17 heavy (non-hydrogen) atoms. The minimum absolute atomic E-state index is 0.189. The molecular formula is C13H25BrO3. The fourth-order valence-electron chi connectivity index (χ4n) is 1.91. The Kier molecular flexibility index (Phi) is 8.44. The van der Waals surface area contributed by atoms with Crippen molar-refractivity contribution in [1.29, 1.82) is 0 Å². The second-order valence-corrected chi connectivity index (χ2v) is 5.40. The van der Waals surface area contributed by atoms with E-state index in [2.05, 4.69) is 29.8 Å². The zero-order chi connectivity index (χ0) is 12.5. The topological polar surface area (TPSA) is 27.7 Å². The molecule has 3 nitrogen and oxygen atoms in total. The molecule has 1 aliphatic heterocycles. The molecule has 0 aliphatic carbocycles. The quantitative estimate of drug-likeness (QED) is 0.509. The SMILES string of the molecule is CCCCOC1COCC(OCCCBr)C1C. The maximum atomic E-state index is 5.86. The zero-order valence-corrected chi connectivity index (χ0v) is 12.6. The molecule has 0 aromatic carbocycles. The number of unbranched alkanes of at least 4 members (excludes halogenated alkanes) is 1. The summed E-state index contributed by atoms with van der Waals surface area (Å²) < 4.78 is 17.3. The molecule has 0 amide bonds. The van der Waals surface area contributed by atoms with Gasteiger partial charge in [0.05, 0.1) is 25.4 Å². The van der Waals surface area contributed by atoms with Crippen molar-refractivity contribution in [2.24, 2.45) is 5.92 Å². The molecule has 1 rings (SSSR count). The van der Waals surface area contributed by atoms with Crippen molar-refractivity contribution in [2.45, 2.75) is 45.3 Å². The maximum Gasteiger partial charge on any atom is 0.0859 e. The molecular weight excluding hydrogens is 284 g/mol. The molecule has 102 valence electrons. The lowest BCUT2D eigenvalue weighted by Crippen LogP contribution is -2.44. The summed E-state index contributed by atoms with van der Waals surface area (Å²) in [5.74, 6) is 0.427. The van der Waals surface area contributed by atoms with Gasteiger partial charge in [-0.25, -0.2) is 0 Å². The number of hydrogen-bond acceptors (Lipinski definition) is 3. The van der Waals surface area contributed by atoms with E-state index in [1.165, 1.54) is 6.42 Å². The van der Waals surface area contributed by atoms with Crippen LogP contribution >= 0.6 is 15.9 Å². The Balaban J connectivity index is 2.26. The van der Waals surface area contributed by atoms with E-state index in [4.69, 9.17) is 14.2 Å². The zero-order valence-electron chi connectivity index (χ0n) is 11.0. The summed E-state index contributed by atoms with van der Waals surface area (Å²) in [6, 6.07) is 0. The van der Waals surface area contributed by atoms with E-state index >= 15 is 0 Å². The first-order valence-corrected chi connectivity index (χ1v) is 7.78. The van der Waals surface area contributed by atoms with Crippen LogP contribution < -0.4 is 0 Å². The van der Waals surface area contributed by atoms with Crippen LogP contribution in [0, 0.1) is 5.92 Å².